The van der Waals surface area contributed by atoms with E-state index in [1.54, 1.807) is 0 Å². The molecule has 0 bridgehead atoms. The molecule has 0 spiro atoms. The van der Waals surface area contributed by atoms with E-state index >= 15 is 0 Å². The van der Waals surface area contributed by atoms with Gasteiger partial charge in [-0.1, -0.05) is 30.7 Å². The summed E-state index contributed by atoms with van der Waals surface area (Å²) in [6.07, 6.45) is 0.866. The number of aromatic nitrogens is 1. The molecule has 1 atom stereocenters. The lowest BCUT2D eigenvalue weighted by Gasteiger charge is -2.14. The second kappa shape index (κ2) is 8.21. The van der Waals surface area contributed by atoms with Gasteiger partial charge in [0, 0.05) is 29.6 Å². The summed E-state index contributed by atoms with van der Waals surface area (Å²) >= 11 is 0. The number of amides is 2. The maximum atomic E-state index is 12.9. The first-order chi connectivity index (χ1) is 13.4. The zero-order valence-electron chi connectivity index (χ0n) is 16.7. The van der Waals surface area contributed by atoms with Gasteiger partial charge in [0.15, 0.2) is 0 Å². The molecule has 0 saturated heterocycles. The molecule has 2 N–H and O–H groups in total. The number of benzene rings is 2. The van der Waals surface area contributed by atoms with Crippen molar-refractivity contribution in [2.75, 3.05) is 5.32 Å². The highest BCUT2D eigenvalue weighted by Crippen LogP contribution is 2.27. The van der Waals surface area contributed by atoms with Gasteiger partial charge >= 0.3 is 0 Å². The second-order valence-corrected chi connectivity index (χ2v) is 7.12. The van der Waals surface area contributed by atoms with Crippen LogP contribution in [0.15, 0.2) is 48.5 Å². The van der Waals surface area contributed by atoms with E-state index in [2.05, 4.69) is 10.6 Å². The standard InChI is InChI=1S/C23H25N3O2/c1-5-15(3)24-23(28)20-13-22(26-21-11-6-14(2)12-19(20)21)17-7-9-18(10-8-17)25-16(4)27/h6-13,15H,5H2,1-4H3,(H,24,28)(H,25,27)/t15-/m1/s1. The number of pyridine rings is 1. The van der Waals surface area contributed by atoms with Gasteiger partial charge in [0.05, 0.1) is 16.8 Å². The van der Waals surface area contributed by atoms with Gasteiger partial charge in [0.2, 0.25) is 5.91 Å². The molecule has 0 unspecified atom stereocenters. The lowest BCUT2D eigenvalue weighted by molar-refractivity contribution is -0.114. The fourth-order valence-electron chi connectivity index (χ4n) is 3.01. The van der Waals surface area contributed by atoms with E-state index in [-0.39, 0.29) is 17.9 Å². The van der Waals surface area contributed by atoms with Crippen molar-refractivity contribution in [3.8, 4) is 11.3 Å². The molecule has 28 heavy (non-hydrogen) atoms. The van der Waals surface area contributed by atoms with E-state index < -0.39 is 0 Å². The van der Waals surface area contributed by atoms with Crippen molar-refractivity contribution in [2.45, 2.75) is 40.2 Å². The highest BCUT2D eigenvalue weighted by molar-refractivity contribution is 6.07. The largest absolute Gasteiger partial charge is 0.350 e. The van der Waals surface area contributed by atoms with Crippen LogP contribution in [0.3, 0.4) is 0 Å². The molecule has 5 heteroatoms. The summed E-state index contributed by atoms with van der Waals surface area (Å²) in [5, 5.41) is 6.65. The van der Waals surface area contributed by atoms with E-state index in [0.29, 0.717) is 5.56 Å². The van der Waals surface area contributed by atoms with Crippen molar-refractivity contribution in [1.29, 1.82) is 0 Å². The number of anilines is 1. The summed E-state index contributed by atoms with van der Waals surface area (Å²) in [6.45, 7) is 7.52. The van der Waals surface area contributed by atoms with Crippen LogP contribution in [0.2, 0.25) is 0 Å². The maximum absolute atomic E-state index is 12.9. The van der Waals surface area contributed by atoms with Gasteiger partial charge in [-0.3, -0.25) is 9.59 Å². The molecule has 1 heterocycles. The van der Waals surface area contributed by atoms with Crippen molar-refractivity contribution in [1.82, 2.24) is 10.3 Å². The minimum absolute atomic E-state index is 0.0940. The van der Waals surface area contributed by atoms with Crippen molar-refractivity contribution in [2.24, 2.45) is 0 Å². The van der Waals surface area contributed by atoms with Crippen LogP contribution in [0, 0.1) is 6.92 Å². The Kier molecular flexibility index (Phi) is 5.73. The molecule has 3 rings (SSSR count). The second-order valence-electron chi connectivity index (χ2n) is 7.12. The average molecular weight is 375 g/mol. The monoisotopic (exact) mass is 375 g/mol. The van der Waals surface area contributed by atoms with Crippen molar-refractivity contribution < 1.29 is 9.59 Å². The number of carbonyl (C=O) groups excluding carboxylic acids is 2. The van der Waals surface area contributed by atoms with Gasteiger partial charge in [0.25, 0.3) is 5.91 Å². The average Bonchev–Trinajstić information content (AvgIpc) is 2.67. The van der Waals surface area contributed by atoms with Gasteiger partial charge in [-0.05, 0) is 50.6 Å². The first-order valence-corrected chi connectivity index (χ1v) is 9.47. The third-order valence-corrected chi connectivity index (χ3v) is 4.70. The quantitative estimate of drug-likeness (QED) is 0.679. The van der Waals surface area contributed by atoms with E-state index in [0.717, 1.165) is 39.8 Å². The van der Waals surface area contributed by atoms with Crippen LogP contribution in [-0.2, 0) is 4.79 Å². The third-order valence-electron chi connectivity index (χ3n) is 4.70. The van der Waals surface area contributed by atoms with Crippen LogP contribution < -0.4 is 10.6 Å². The Morgan fingerprint density at radius 1 is 1.07 bits per heavy atom. The predicted octanol–water partition coefficient (Wildman–Crippen LogP) is 4.70. The third kappa shape index (κ3) is 4.36. The normalized spacial score (nSPS) is 11.9. The summed E-state index contributed by atoms with van der Waals surface area (Å²) in [5.74, 6) is -0.209. The first-order valence-electron chi connectivity index (χ1n) is 9.47. The molecule has 0 fully saturated rings. The Hall–Kier alpha value is -3.21. The Morgan fingerprint density at radius 2 is 1.79 bits per heavy atom. The van der Waals surface area contributed by atoms with Crippen molar-refractivity contribution >= 4 is 28.4 Å². The van der Waals surface area contributed by atoms with Gasteiger partial charge in [0.1, 0.15) is 0 Å². The van der Waals surface area contributed by atoms with Crippen LogP contribution in [0.5, 0.6) is 0 Å². The van der Waals surface area contributed by atoms with Crippen LogP contribution >= 0.6 is 0 Å². The minimum Gasteiger partial charge on any atom is -0.350 e. The molecular formula is C23H25N3O2. The molecule has 3 aromatic rings. The summed E-state index contributed by atoms with van der Waals surface area (Å²) in [4.78, 5) is 28.9. The predicted molar refractivity (Wildman–Crippen MR) is 113 cm³/mol. The molecule has 144 valence electrons. The topological polar surface area (TPSA) is 71.1 Å². The number of nitrogens with zero attached hydrogens (tertiary/aromatic N) is 1. The fourth-order valence-corrected chi connectivity index (χ4v) is 3.01. The Bertz CT molecular complexity index is 1030. The number of nitrogens with one attached hydrogen (secondary N) is 2. The van der Waals surface area contributed by atoms with Crippen LogP contribution in [0.25, 0.3) is 22.2 Å². The number of fused-ring (bicyclic) bond motifs is 1. The first kappa shape index (κ1) is 19.5. The van der Waals surface area contributed by atoms with Gasteiger partial charge in [-0.15, -0.1) is 0 Å². The Morgan fingerprint density at radius 3 is 2.43 bits per heavy atom. The molecule has 2 amide bonds. The molecule has 0 radical (unpaired) electrons. The molecule has 0 aliphatic carbocycles. The van der Waals surface area contributed by atoms with E-state index in [1.165, 1.54) is 6.92 Å². The zero-order valence-corrected chi connectivity index (χ0v) is 16.7. The minimum atomic E-state index is -0.115. The maximum Gasteiger partial charge on any atom is 0.252 e. The van der Waals surface area contributed by atoms with Gasteiger partial charge in [-0.2, -0.15) is 0 Å². The van der Waals surface area contributed by atoms with E-state index in [9.17, 15) is 9.59 Å². The van der Waals surface area contributed by atoms with Crippen molar-refractivity contribution in [3.63, 3.8) is 0 Å². The number of hydrogen-bond acceptors (Lipinski definition) is 3. The molecule has 0 aliphatic heterocycles. The summed E-state index contributed by atoms with van der Waals surface area (Å²) in [5.41, 5.74) is 4.81. The summed E-state index contributed by atoms with van der Waals surface area (Å²) in [6, 6.07) is 15.3. The number of carbonyl (C=O) groups is 2. The highest BCUT2D eigenvalue weighted by atomic mass is 16.2. The molecule has 5 nitrogen and oxygen atoms in total. The molecule has 0 aliphatic rings. The van der Waals surface area contributed by atoms with Crippen LogP contribution in [-0.4, -0.2) is 22.8 Å². The van der Waals surface area contributed by atoms with Gasteiger partial charge < -0.3 is 10.6 Å². The molecule has 1 aromatic heterocycles. The molecule has 0 saturated carbocycles. The number of aryl methyl sites for hydroxylation is 1. The SMILES string of the molecule is CC[C@@H](C)NC(=O)c1cc(-c2ccc(NC(C)=O)cc2)nc2ccc(C)cc12. The molecule has 2 aromatic carbocycles. The Balaban J connectivity index is 2.07. The summed E-state index contributed by atoms with van der Waals surface area (Å²) in [7, 11) is 0. The zero-order chi connectivity index (χ0) is 20.3. The molecular weight excluding hydrogens is 350 g/mol. The van der Waals surface area contributed by atoms with Crippen LogP contribution in [0.1, 0.15) is 43.1 Å². The lowest BCUT2D eigenvalue weighted by Crippen LogP contribution is -2.32. The highest BCUT2D eigenvalue weighted by Gasteiger charge is 2.15. The fraction of sp³-hybridized carbons (Fsp3) is 0.261. The smallest absolute Gasteiger partial charge is 0.252 e. The summed E-state index contributed by atoms with van der Waals surface area (Å²) < 4.78 is 0. The van der Waals surface area contributed by atoms with E-state index in [1.807, 2.05) is 69.3 Å². The van der Waals surface area contributed by atoms with E-state index in [4.69, 9.17) is 4.98 Å². The number of rotatable bonds is 5. The van der Waals surface area contributed by atoms with Crippen LogP contribution in [0.4, 0.5) is 5.69 Å². The van der Waals surface area contributed by atoms with Crippen molar-refractivity contribution in [3.05, 3.63) is 59.7 Å². The lowest BCUT2D eigenvalue weighted by atomic mass is 10.0. The Labute approximate surface area is 165 Å². The number of hydrogen-bond donors (Lipinski definition) is 2. The van der Waals surface area contributed by atoms with Gasteiger partial charge in [-0.25, -0.2) is 4.98 Å².